The quantitative estimate of drug-likeness (QED) is 0.328. The standard InChI is InChI=1S/C24H23FN6O4/c1-26-23(34)19-17(32)18(33)24(35-19)31-12-28-16-21(27-11-13-5-3-2-4-6-13)29-20(30-22(16)31)14-7-9-15(25)10-8-14/h2-10,12,17-19,24,32-33H,11H2,1H3,(H,26,34)(H,27,29,30)/t17?,18?,19-,24?/m1/s1. The largest absolute Gasteiger partial charge is 0.387 e. The SMILES string of the molecule is CNC(=O)[C@@H]1OC(n2cnc3c(NCc4ccccc4)nc(-c4ccc(F)cc4)nc32)C(O)C1O. The lowest BCUT2D eigenvalue weighted by Crippen LogP contribution is -2.41. The Kier molecular flexibility index (Phi) is 6.12. The lowest BCUT2D eigenvalue weighted by Gasteiger charge is -2.17. The first-order valence-electron chi connectivity index (χ1n) is 11.0. The summed E-state index contributed by atoms with van der Waals surface area (Å²) in [6, 6.07) is 15.5. The number of likely N-dealkylation sites (N-methyl/N-ethyl adjacent to an activating group) is 1. The van der Waals surface area contributed by atoms with Gasteiger partial charge in [-0.25, -0.2) is 19.3 Å². The van der Waals surface area contributed by atoms with Crippen LogP contribution >= 0.6 is 0 Å². The van der Waals surface area contributed by atoms with Gasteiger partial charge in [-0.1, -0.05) is 30.3 Å². The summed E-state index contributed by atoms with van der Waals surface area (Å²) in [6.45, 7) is 0.461. The van der Waals surface area contributed by atoms with Crippen molar-refractivity contribution in [2.24, 2.45) is 0 Å². The van der Waals surface area contributed by atoms with Gasteiger partial charge in [0.2, 0.25) is 0 Å². The molecule has 10 nitrogen and oxygen atoms in total. The summed E-state index contributed by atoms with van der Waals surface area (Å²) in [6.07, 6.45) is -3.80. The molecule has 4 atom stereocenters. The van der Waals surface area contributed by atoms with Crippen LogP contribution in [0.5, 0.6) is 0 Å². The van der Waals surface area contributed by atoms with Gasteiger partial charge in [0.1, 0.15) is 18.0 Å². The van der Waals surface area contributed by atoms with Gasteiger partial charge in [0, 0.05) is 19.2 Å². The maximum absolute atomic E-state index is 13.5. The first-order chi connectivity index (χ1) is 17.0. The van der Waals surface area contributed by atoms with Crippen molar-refractivity contribution in [1.82, 2.24) is 24.8 Å². The number of nitrogens with zero attached hydrogens (tertiary/aromatic N) is 4. The van der Waals surface area contributed by atoms with E-state index in [0.29, 0.717) is 34.9 Å². The molecule has 4 aromatic rings. The average Bonchev–Trinajstić information content (AvgIpc) is 3.44. The third-order valence-electron chi connectivity index (χ3n) is 5.84. The molecular formula is C24H23FN6O4. The van der Waals surface area contributed by atoms with Gasteiger partial charge in [-0.2, -0.15) is 0 Å². The molecule has 1 aliphatic rings. The number of aliphatic hydroxyl groups is 2. The van der Waals surface area contributed by atoms with Crippen LogP contribution in [-0.2, 0) is 16.1 Å². The van der Waals surface area contributed by atoms with Crippen molar-refractivity contribution in [1.29, 1.82) is 0 Å². The van der Waals surface area contributed by atoms with E-state index in [1.807, 2.05) is 30.3 Å². The zero-order valence-corrected chi connectivity index (χ0v) is 18.7. The van der Waals surface area contributed by atoms with E-state index in [2.05, 4.69) is 25.6 Å². The van der Waals surface area contributed by atoms with Crippen LogP contribution in [0.2, 0.25) is 0 Å². The number of fused-ring (bicyclic) bond motifs is 1. The summed E-state index contributed by atoms with van der Waals surface area (Å²) < 4.78 is 20.7. The smallest absolute Gasteiger partial charge is 0.251 e. The molecule has 0 spiro atoms. The Labute approximate surface area is 199 Å². The number of rotatable bonds is 6. The van der Waals surface area contributed by atoms with Crippen molar-refractivity contribution >= 4 is 22.9 Å². The molecule has 0 radical (unpaired) electrons. The summed E-state index contributed by atoms with van der Waals surface area (Å²) in [5.41, 5.74) is 2.30. The van der Waals surface area contributed by atoms with Crippen molar-refractivity contribution in [2.45, 2.75) is 31.1 Å². The lowest BCUT2D eigenvalue weighted by atomic mass is 10.1. The fourth-order valence-electron chi connectivity index (χ4n) is 3.98. The van der Waals surface area contributed by atoms with E-state index in [9.17, 15) is 19.4 Å². The number of benzene rings is 2. The Bertz CT molecular complexity index is 1350. The van der Waals surface area contributed by atoms with Crippen molar-refractivity contribution < 1.29 is 24.1 Å². The predicted octanol–water partition coefficient (Wildman–Crippen LogP) is 1.61. The molecule has 1 aliphatic heterocycles. The number of anilines is 1. The molecule has 1 fully saturated rings. The minimum Gasteiger partial charge on any atom is -0.387 e. The third kappa shape index (κ3) is 4.32. The molecular weight excluding hydrogens is 455 g/mol. The maximum Gasteiger partial charge on any atom is 0.251 e. The third-order valence-corrected chi connectivity index (χ3v) is 5.84. The van der Waals surface area contributed by atoms with Crippen molar-refractivity contribution in [2.75, 3.05) is 12.4 Å². The number of ether oxygens (including phenoxy) is 1. The molecule has 35 heavy (non-hydrogen) atoms. The number of amides is 1. The normalized spacial score (nSPS) is 21.8. The van der Waals surface area contributed by atoms with Gasteiger partial charge in [-0.05, 0) is 29.8 Å². The van der Waals surface area contributed by atoms with Crippen LogP contribution in [0.15, 0.2) is 60.9 Å². The molecule has 1 amide bonds. The second-order valence-corrected chi connectivity index (χ2v) is 8.11. The maximum atomic E-state index is 13.5. The summed E-state index contributed by atoms with van der Waals surface area (Å²) in [5.74, 6) is -0.229. The minimum absolute atomic E-state index is 0.297. The van der Waals surface area contributed by atoms with Gasteiger partial charge in [-0.3, -0.25) is 9.36 Å². The molecule has 3 heterocycles. The van der Waals surface area contributed by atoms with Crippen LogP contribution in [0.3, 0.4) is 0 Å². The lowest BCUT2D eigenvalue weighted by molar-refractivity contribution is -0.137. The average molecular weight is 478 g/mol. The molecule has 0 aliphatic carbocycles. The highest BCUT2D eigenvalue weighted by Gasteiger charge is 2.47. The van der Waals surface area contributed by atoms with Crippen LogP contribution in [0, 0.1) is 5.82 Å². The first-order valence-corrected chi connectivity index (χ1v) is 11.0. The van der Waals surface area contributed by atoms with Crippen molar-refractivity contribution in [3.05, 3.63) is 72.3 Å². The fraction of sp³-hybridized carbons (Fsp3) is 0.250. The molecule has 0 saturated carbocycles. The number of hydrogen-bond donors (Lipinski definition) is 4. The van der Waals surface area contributed by atoms with Crippen LogP contribution in [-0.4, -0.2) is 61.0 Å². The Morgan fingerprint density at radius 3 is 2.54 bits per heavy atom. The van der Waals surface area contributed by atoms with Crippen LogP contribution in [0.4, 0.5) is 10.2 Å². The summed E-state index contributed by atoms with van der Waals surface area (Å²) >= 11 is 0. The summed E-state index contributed by atoms with van der Waals surface area (Å²) in [7, 11) is 1.41. The zero-order chi connectivity index (χ0) is 24.5. The van der Waals surface area contributed by atoms with E-state index < -0.39 is 30.4 Å². The van der Waals surface area contributed by atoms with Gasteiger partial charge in [0.25, 0.3) is 5.91 Å². The molecule has 1 saturated heterocycles. The van der Waals surface area contributed by atoms with E-state index in [1.165, 1.54) is 30.1 Å². The Morgan fingerprint density at radius 1 is 1.09 bits per heavy atom. The van der Waals surface area contributed by atoms with Gasteiger partial charge in [-0.15, -0.1) is 0 Å². The molecule has 2 aromatic heterocycles. The number of carbonyl (C=O) groups excluding carboxylic acids is 1. The topological polar surface area (TPSA) is 134 Å². The van der Waals surface area contributed by atoms with Crippen LogP contribution in [0.1, 0.15) is 11.8 Å². The van der Waals surface area contributed by atoms with Crippen LogP contribution in [0.25, 0.3) is 22.6 Å². The molecule has 11 heteroatoms. The number of hydrogen-bond acceptors (Lipinski definition) is 8. The Hall–Kier alpha value is -3.93. The number of aromatic nitrogens is 4. The van der Waals surface area contributed by atoms with E-state index >= 15 is 0 Å². The van der Waals surface area contributed by atoms with E-state index in [-0.39, 0.29) is 5.82 Å². The number of aliphatic hydroxyl groups excluding tert-OH is 2. The highest BCUT2D eigenvalue weighted by Crippen LogP contribution is 2.33. The van der Waals surface area contributed by atoms with E-state index in [4.69, 9.17) is 4.74 Å². The second-order valence-electron chi connectivity index (χ2n) is 8.11. The number of halogens is 1. The molecule has 4 N–H and O–H groups in total. The monoisotopic (exact) mass is 478 g/mol. The predicted molar refractivity (Wildman–Crippen MR) is 124 cm³/mol. The highest BCUT2D eigenvalue weighted by atomic mass is 19.1. The van der Waals surface area contributed by atoms with Crippen LogP contribution < -0.4 is 10.6 Å². The summed E-state index contributed by atoms with van der Waals surface area (Å²) in [4.78, 5) is 25.7. The Balaban J connectivity index is 1.58. The molecule has 3 unspecified atom stereocenters. The van der Waals surface area contributed by atoms with Gasteiger partial charge in [0.15, 0.2) is 35.1 Å². The van der Waals surface area contributed by atoms with Gasteiger partial charge < -0.3 is 25.6 Å². The first kappa shape index (κ1) is 22.8. The van der Waals surface area contributed by atoms with Crippen molar-refractivity contribution in [3.8, 4) is 11.4 Å². The van der Waals surface area contributed by atoms with Crippen molar-refractivity contribution in [3.63, 3.8) is 0 Å². The zero-order valence-electron chi connectivity index (χ0n) is 18.7. The molecule has 180 valence electrons. The number of nitrogens with one attached hydrogen (secondary N) is 2. The highest BCUT2D eigenvalue weighted by molar-refractivity contribution is 5.85. The van der Waals surface area contributed by atoms with Gasteiger partial charge in [0.05, 0.1) is 6.33 Å². The van der Waals surface area contributed by atoms with E-state index in [0.717, 1.165) is 5.56 Å². The number of imidazole rings is 1. The molecule has 5 rings (SSSR count). The Morgan fingerprint density at radius 2 is 1.83 bits per heavy atom. The second kappa shape index (κ2) is 9.37. The number of carbonyl (C=O) groups is 1. The van der Waals surface area contributed by atoms with E-state index in [1.54, 1.807) is 12.1 Å². The molecule has 0 bridgehead atoms. The minimum atomic E-state index is -1.44. The molecule has 2 aromatic carbocycles. The summed E-state index contributed by atoms with van der Waals surface area (Å²) in [5, 5.41) is 26.7. The fourth-order valence-corrected chi connectivity index (χ4v) is 3.98. The van der Waals surface area contributed by atoms with Gasteiger partial charge >= 0.3 is 0 Å².